The van der Waals surface area contributed by atoms with Crippen molar-refractivity contribution in [1.29, 1.82) is 0 Å². The van der Waals surface area contributed by atoms with Crippen molar-refractivity contribution < 1.29 is 18.7 Å². The summed E-state index contributed by atoms with van der Waals surface area (Å²) < 4.78 is 20.5. The Labute approximate surface area is 238 Å². The Morgan fingerprint density at radius 2 is 1.95 bits per heavy atom. The highest BCUT2D eigenvalue weighted by molar-refractivity contribution is 6.01. The quantitative estimate of drug-likeness (QED) is 0.388. The average molecular weight is 559 g/mol. The first kappa shape index (κ1) is 27.1. The number of aromatic amines is 1. The third-order valence-corrected chi connectivity index (χ3v) is 8.21. The van der Waals surface area contributed by atoms with Crippen LogP contribution in [0.5, 0.6) is 0 Å². The number of likely N-dealkylation sites (tertiary alicyclic amines) is 1. The van der Waals surface area contributed by atoms with Crippen molar-refractivity contribution in [3.63, 3.8) is 0 Å². The van der Waals surface area contributed by atoms with E-state index in [9.17, 15) is 14.0 Å². The van der Waals surface area contributed by atoms with Crippen LogP contribution in [0.15, 0.2) is 60.5 Å². The highest BCUT2D eigenvalue weighted by Gasteiger charge is 2.39. The molecule has 10 heteroatoms. The lowest BCUT2D eigenvalue weighted by Crippen LogP contribution is -2.58. The molecule has 2 amide bonds. The van der Waals surface area contributed by atoms with Gasteiger partial charge in [-0.1, -0.05) is 6.08 Å². The Hall–Kier alpha value is -4.05. The third-order valence-electron chi connectivity index (χ3n) is 8.21. The van der Waals surface area contributed by atoms with Gasteiger partial charge in [-0.15, -0.1) is 0 Å². The number of alkyl halides is 1. The predicted octanol–water partition coefficient (Wildman–Crippen LogP) is 3.83. The van der Waals surface area contributed by atoms with E-state index in [1.165, 1.54) is 6.08 Å². The number of nitrogens with one attached hydrogen (secondary N) is 3. The van der Waals surface area contributed by atoms with Gasteiger partial charge < -0.3 is 15.4 Å². The van der Waals surface area contributed by atoms with Gasteiger partial charge in [0.05, 0.1) is 24.6 Å². The SMILES string of the molecule is COC1=CC=CC(F)C1CN1CC(NC(=O)c2ccc3[nH]nc(-c4ccnc(C)c4)c3c2)CCC1C(=O)NC1CC1. The van der Waals surface area contributed by atoms with Crippen molar-refractivity contribution in [2.24, 2.45) is 5.92 Å². The smallest absolute Gasteiger partial charge is 0.251 e. The number of halogens is 1. The fourth-order valence-corrected chi connectivity index (χ4v) is 5.86. The lowest BCUT2D eigenvalue weighted by molar-refractivity contribution is -0.128. The topological polar surface area (TPSA) is 112 Å². The van der Waals surface area contributed by atoms with Crippen molar-refractivity contribution >= 4 is 22.7 Å². The van der Waals surface area contributed by atoms with E-state index in [0.717, 1.165) is 40.7 Å². The molecule has 0 radical (unpaired) electrons. The van der Waals surface area contributed by atoms with Gasteiger partial charge in [0.2, 0.25) is 5.91 Å². The van der Waals surface area contributed by atoms with E-state index in [-0.39, 0.29) is 29.9 Å². The number of hydrogen-bond donors (Lipinski definition) is 3. The molecule has 1 aromatic carbocycles. The summed E-state index contributed by atoms with van der Waals surface area (Å²) in [5.74, 6) is -0.181. The van der Waals surface area contributed by atoms with E-state index in [0.29, 0.717) is 37.3 Å². The van der Waals surface area contributed by atoms with Crippen molar-refractivity contribution in [3.05, 3.63) is 71.8 Å². The van der Waals surface area contributed by atoms with Crippen LogP contribution in [-0.4, -0.2) is 76.4 Å². The van der Waals surface area contributed by atoms with Gasteiger partial charge in [0.15, 0.2) is 0 Å². The lowest BCUT2D eigenvalue weighted by atomic mass is 9.91. The molecule has 3 heterocycles. The van der Waals surface area contributed by atoms with Crippen molar-refractivity contribution in [2.45, 2.75) is 56.9 Å². The molecule has 9 nitrogen and oxygen atoms in total. The van der Waals surface area contributed by atoms with Crippen LogP contribution in [0.2, 0.25) is 0 Å². The predicted molar refractivity (Wildman–Crippen MR) is 154 cm³/mol. The second-order valence-corrected chi connectivity index (χ2v) is 11.2. The number of carbonyl (C=O) groups excluding carboxylic acids is 2. The average Bonchev–Trinajstić information content (AvgIpc) is 3.68. The van der Waals surface area contributed by atoms with Crippen LogP contribution in [0.25, 0.3) is 22.2 Å². The minimum absolute atomic E-state index is 0.0220. The zero-order valence-corrected chi connectivity index (χ0v) is 23.3. The van der Waals surface area contributed by atoms with E-state index >= 15 is 0 Å². The first-order valence-electron chi connectivity index (χ1n) is 14.2. The maximum atomic E-state index is 15.0. The standard InChI is InChI=1S/C31H35FN6O3/c1-18-14-19(12-13-33-18)29-23-15-20(6-10-26(23)36-37-29)30(39)35-22-9-11-27(31(40)34-21-7-8-21)38(16-22)17-24-25(32)4-3-5-28(24)41-2/h3-6,10,12-15,21-22,24-25,27H,7-9,11,16-17H2,1-2H3,(H,34,40)(H,35,39)(H,36,37). The number of fused-ring (bicyclic) bond motifs is 1. The molecule has 6 rings (SSSR count). The fraction of sp³-hybridized carbons (Fsp3) is 0.419. The molecule has 3 N–H and O–H groups in total. The van der Waals surface area contributed by atoms with Gasteiger partial charge in [-0.2, -0.15) is 5.10 Å². The van der Waals surface area contributed by atoms with Gasteiger partial charge >= 0.3 is 0 Å². The molecule has 2 aromatic heterocycles. The van der Waals surface area contributed by atoms with Crippen LogP contribution in [0, 0.1) is 12.8 Å². The molecule has 3 aliphatic rings. The second-order valence-electron chi connectivity index (χ2n) is 11.2. The van der Waals surface area contributed by atoms with Gasteiger partial charge in [0.1, 0.15) is 17.6 Å². The van der Waals surface area contributed by atoms with Crippen LogP contribution >= 0.6 is 0 Å². The van der Waals surface area contributed by atoms with Crippen LogP contribution in [-0.2, 0) is 9.53 Å². The maximum Gasteiger partial charge on any atom is 0.251 e. The molecule has 4 atom stereocenters. The van der Waals surface area contributed by atoms with E-state index in [4.69, 9.17) is 4.74 Å². The maximum absolute atomic E-state index is 15.0. The number of amides is 2. The largest absolute Gasteiger partial charge is 0.501 e. The second kappa shape index (κ2) is 11.4. The number of pyridine rings is 1. The number of carbonyl (C=O) groups is 2. The number of rotatable bonds is 8. The summed E-state index contributed by atoms with van der Waals surface area (Å²) >= 11 is 0. The number of nitrogens with zero attached hydrogens (tertiary/aromatic N) is 3. The van der Waals surface area contributed by atoms with Gasteiger partial charge in [-0.3, -0.25) is 24.6 Å². The Bertz CT molecular complexity index is 1510. The first-order chi connectivity index (χ1) is 19.9. The van der Waals surface area contributed by atoms with Crippen LogP contribution in [0.1, 0.15) is 41.7 Å². The number of hydrogen-bond acceptors (Lipinski definition) is 6. The van der Waals surface area contributed by atoms with Gasteiger partial charge in [0.25, 0.3) is 5.91 Å². The summed E-state index contributed by atoms with van der Waals surface area (Å²) in [6.07, 6.45) is 8.70. The van der Waals surface area contributed by atoms with Gasteiger partial charge in [-0.25, -0.2) is 4.39 Å². The highest BCUT2D eigenvalue weighted by atomic mass is 19.1. The molecule has 4 unspecified atom stereocenters. The summed E-state index contributed by atoms with van der Waals surface area (Å²) in [5, 5.41) is 14.7. The van der Waals surface area contributed by atoms with Crippen LogP contribution in [0.3, 0.4) is 0 Å². The summed E-state index contributed by atoms with van der Waals surface area (Å²) in [6.45, 7) is 2.68. The summed E-state index contributed by atoms with van der Waals surface area (Å²) in [4.78, 5) is 32.9. The van der Waals surface area contributed by atoms with Crippen LogP contribution in [0.4, 0.5) is 4.39 Å². The number of benzene rings is 1. The molecule has 41 heavy (non-hydrogen) atoms. The molecule has 0 spiro atoms. The minimum atomic E-state index is -1.21. The van der Waals surface area contributed by atoms with E-state index in [1.807, 2.05) is 36.1 Å². The van der Waals surface area contributed by atoms with Gasteiger partial charge in [0, 0.05) is 53.6 Å². The Balaban J connectivity index is 1.19. The van der Waals surface area contributed by atoms with E-state index < -0.39 is 12.1 Å². The Morgan fingerprint density at radius 3 is 2.73 bits per heavy atom. The first-order valence-corrected chi connectivity index (χ1v) is 14.2. The van der Waals surface area contributed by atoms with Gasteiger partial charge in [-0.05, 0) is 75.1 Å². The number of aromatic nitrogens is 3. The number of allylic oxidation sites excluding steroid dienone is 3. The lowest BCUT2D eigenvalue weighted by Gasteiger charge is -2.41. The molecular weight excluding hydrogens is 523 g/mol. The molecule has 2 aliphatic carbocycles. The Morgan fingerprint density at radius 1 is 1.12 bits per heavy atom. The molecule has 214 valence electrons. The number of piperidine rings is 1. The molecule has 3 aromatic rings. The highest BCUT2D eigenvalue weighted by Crippen LogP contribution is 2.30. The van der Waals surface area contributed by atoms with Crippen molar-refractivity contribution in [3.8, 4) is 11.3 Å². The molecule has 2 fully saturated rings. The Kier molecular flexibility index (Phi) is 7.57. The number of H-pyrrole nitrogens is 1. The fourth-order valence-electron chi connectivity index (χ4n) is 5.86. The number of methoxy groups -OCH3 is 1. The molecule has 0 bridgehead atoms. The minimum Gasteiger partial charge on any atom is -0.501 e. The zero-order valence-electron chi connectivity index (χ0n) is 23.3. The summed E-state index contributed by atoms with van der Waals surface area (Å²) in [5.41, 5.74) is 3.93. The number of ether oxygens (including phenoxy) is 1. The third kappa shape index (κ3) is 5.88. The van der Waals surface area contributed by atoms with Crippen molar-refractivity contribution in [2.75, 3.05) is 20.2 Å². The summed E-state index contributed by atoms with van der Waals surface area (Å²) in [6, 6.07) is 9.01. The van der Waals surface area contributed by atoms with Crippen LogP contribution < -0.4 is 10.6 Å². The molecular formula is C31H35FN6O3. The number of aryl methyl sites for hydroxylation is 1. The monoisotopic (exact) mass is 558 g/mol. The zero-order chi connectivity index (χ0) is 28.5. The van der Waals surface area contributed by atoms with E-state index in [2.05, 4.69) is 25.8 Å². The molecule has 1 saturated carbocycles. The summed E-state index contributed by atoms with van der Waals surface area (Å²) in [7, 11) is 1.54. The van der Waals surface area contributed by atoms with Crippen molar-refractivity contribution in [1.82, 2.24) is 30.7 Å². The molecule has 1 saturated heterocycles. The normalized spacial score (nSPS) is 24.6. The molecule has 1 aliphatic heterocycles. The van der Waals surface area contributed by atoms with E-state index in [1.54, 1.807) is 31.5 Å².